The highest BCUT2D eigenvalue weighted by Crippen LogP contribution is 2.24. The van der Waals surface area contributed by atoms with Crippen LogP contribution in [0.5, 0.6) is 5.75 Å². The first-order valence-electron chi connectivity index (χ1n) is 4.89. The molecule has 2 rings (SSSR count). The fourth-order valence-electron chi connectivity index (χ4n) is 1.48. The third-order valence-electron chi connectivity index (χ3n) is 2.24. The standard InChI is InChI=1S/C11H12ClN3O/c1-13-6-10-14-9-4-3-7(16-2)5-8(9)11(12)15-10/h3-5,13H,6H2,1-2H3. The second-order valence-corrected chi connectivity index (χ2v) is 3.70. The van der Waals surface area contributed by atoms with Gasteiger partial charge in [-0.25, -0.2) is 9.97 Å². The molecule has 0 aliphatic heterocycles. The molecule has 0 bridgehead atoms. The fraction of sp³-hybridized carbons (Fsp3) is 0.273. The van der Waals surface area contributed by atoms with Crippen LogP contribution in [0.25, 0.3) is 10.9 Å². The Kier molecular flexibility index (Phi) is 3.22. The Balaban J connectivity index is 2.57. The maximum Gasteiger partial charge on any atom is 0.144 e. The summed E-state index contributed by atoms with van der Waals surface area (Å²) in [6.07, 6.45) is 0. The molecule has 1 aromatic heterocycles. The van der Waals surface area contributed by atoms with Crippen molar-refractivity contribution in [3.63, 3.8) is 0 Å². The molecule has 0 aliphatic rings. The number of rotatable bonds is 3. The van der Waals surface area contributed by atoms with Gasteiger partial charge in [0.1, 0.15) is 16.7 Å². The van der Waals surface area contributed by atoms with Crippen molar-refractivity contribution in [2.75, 3.05) is 14.2 Å². The van der Waals surface area contributed by atoms with Crippen LogP contribution in [0.4, 0.5) is 0 Å². The summed E-state index contributed by atoms with van der Waals surface area (Å²) >= 11 is 6.09. The van der Waals surface area contributed by atoms with Gasteiger partial charge in [-0.15, -0.1) is 0 Å². The largest absolute Gasteiger partial charge is 0.497 e. The second-order valence-electron chi connectivity index (χ2n) is 3.34. The third kappa shape index (κ3) is 2.08. The van der Waals surface area contributed by atoms with Crippen LogP contribution < -0.4 is 10.1 Å². The Bertz CT molecular complexity index is 516. The Hall–Kier alpha value is -1.39. The average molecular weight is 238 g/mol. The Morgan fingerprint density at radius 1 is 1.38 bits per heavy atom. The van der Waals surface area contributed by atoms with Crippen molar-refractivity contribution in [3.8, 4) is 5.75 Å². The van der Waals surface area contributed by atoms with Gasteiger partial charge >= 0.3 is 0 Å². The molecule has 0 spiro atoms. The summed E-state index contributed by atoms with van der Waals surface area (Å²) in [4.78, 5) is 8.59. The molecule has 2 aromatic rings. The average Bonchev–Trinajstić information content (AvgIpc) is 2.29. The molecule has 0 radical (unpaired) electrons. The minimum Gasteiger partial charge on any atom is -0.497 e. The van der Waals surface area contributed by atoms with Crippen molar-refractivity contribution < 1.29 is 4.74 Å². The van der Waals surface area contributed by atoms with Crippen LogP contribution in [0, 0.1) is 0 Å². The summed E-state index contributed by atoms with van der Waals surface area (Å²) in [5.41, 5.74) is 0.825. The van der Waals surface area contributed by atoms with Crippen molar-refractivity contribution in [2.45, 2.75) is 6.54 Å². The van der Waals surface area contributed by atoms with Crippen LogP contribution in [0.2, 0.25) is 5.15 Å². The van der Waals surface area contributed by atoms with E-state index in [0.29, 0.717) is 17.5 Å². The van der Waals surface area contributed by atoms with Gasteiger partial charge in [0.15, 0.2) is 0 Å². The van der Waals surface area contributed by atoms with E-state index in [1.54, 1.807) is 7.11 Å². The summed E-state index contributed by atoms with van der Waals surface area (Å²) in [6.45, 7) is 0.599. The highest BCUT2D eigenvalue weighted by molar-refractivity contribution is 6.34. The first-order valence-corrected chi connectivity index (χ1v) is 5.27. The molecule has 0 saturated carbocycles. The van der Waals surface area contributed by atoms with Crippen molar-refractivity contribution >= 4 is 22.5 Å². The zero-order valence-electron chi connectivity index (χ0n) is 9.12. The number of fused-ring (bicyclic) bond motifs is 1. The quantitative estimate of drug-likeness (QED) is 0.830. The fourth-order valence-corrected chi connectivity index (χ4v) is 1.73. The molecule has 0 saturated heterocycles. The lowest BCUT2D eigenvalue weighted by atomic mass is 10.2. The molecular weight excluding hydrogens is 226 g/mol. The van der Waals surface area contributed by atoms with Crippen LogP contribution in [0.1, 0.15) is 5.82 Å². The van der Waals surface area contributed by atoms with E-state index >= 15 is 0 Å². The maximum absolute atomic E-state index is 6.09. The molecule has 1 aromatic carbocycles. The van der Waals surface area contributed by atoms with E-state index in [9.17, 15) is 0 Å². The molecule has 1 N–H and O–H groups in total. The van der Waals surface area contributed by atoms with E-state index in [1.807, 2.05) is 25.2 Å². The van der Waals surface area contributed by atoms with E-state index in [2.05, 4.69) is 15.3 Å². The van der Waals surface area contributed by atoms with E-state index < -0.39 is 0 Å². The highest BCUT2D eigenvalue weighted by atomic mass is 35.5. The van der Waals surface area contributed by atoms with Crippen molar-refractivity contribution in [3.05, 3.63) is 29.2 Å². The van der Waals surface area contributed by atoms with E-state index in [-0.39, 0.29) is 0 Å². The van der Waals surface area contributed by atoms with Crippen LogP contribution in [0.15, 0.2) is 18.2 Å². The normalized spacial score (nSPS) is 10.7. The minimum atomic E-state index is 0.453. The van der Waals surface area contributed by atoms with Gasteiger partial charge in [-0.2, -0.15) is 0 Å². The molecule has 0 aliphatic carbocycles. The van der Waals surface area contributed by atoms with Gasteiger partial charge in [0.05, 0.1) is 19.2 Å². The molecule has 1 heterocycles. The number of halogens is 1. The SMILES string of the molecule is CNCc1nc(Cl)c2cc(OC)ccc2n1. The Morgan fingerprint density at radius 3 is 2.88 bits per heavy atom. The number of nitrogens with zero attached hydrogens (tertiary/aromatic N) is 2. The van der Waals surface area contributed by atoms with Gasteiger partial charge in [0, 0.05) is 5.39 Å². The van der Waals surface area contributed by atoms with Crippen molar-refractivity contribution in [1.82, 2.24) is 15.3 Å². The van der Waals surface area contributed by atoms with E-state index in [1.165, 1.54) is 0 Å². The Morgan fingerprint density at radius 2 is 2.19 bits per heavy atom. The molecule has 0 fully saturated rings. The predicted octanol–water partition coefficient (Wildman–Crippen LogP) is 2.01. The Labute approximate surface area is 98.6 Å². The number of benzene rings is 1. The van der Waals surface area contributed by atoms with Gasteiger partial charge in [0.2, 0.25) is 0 Å². The molecule has 16 heavy (non-hydrogen) atoms. The van der Waals surface area contributed by atoms with Crippen LogP contribution in [-0.2, 0) is 6.54 Å². The first kappa shape index (κ1) is 11.1. The number of hydrogen-bond acceptors (Lipinski definition) is 4. The molecule has 0 amide bonds. The summed E-state index contributed by atoms with van der Waals surface area (Å²) in [6, 6.07) is 5.57. The minimum absolute atomic E-state index is 0.453. The number of hydrogen-bond donors (Lipinski definition) is 1. The summed E-state index contributed by atoms with van der Waals surface area (Å²) in [5, 5.41) is 4.25. The topological polar surface area (TPSA) is 47.0 Å². The van der Waals surface area contributed by atoms with Gasteiger partial charge < -0.3 is 10.1 Å². The van der Waals surface area contributed by atoms with Gasteiger partial charge in [-0.05, 0) is 25.2 Å². The summed E-state index contributed by atoms with van der Waals surface area (Å²) < 4.78 is 5.13. The summed E-state index contributed by atoms with van der Waals surface area (Å²) in [7, 11) is 3.46. The lowest BCUT2D eigenvalue weighted by Gasteiger charge is -2.05. The second kappa shape index (κ2) is 4.63. The monoisotopic (exact) mass is 237 g/mol. The lowest BCUT2D eigenvalue weighted by molar-refractivity contribution is 0.415. The number of ether oxygens (including phenoxy) is 1. The van der Waals surface area contributed by atoms with Crippen molar-refractivity contribution in [1.29, 1.82) is 0 Å². The van der Waals surface area contributed by atoms with Crippen LogP contribution in [0.3, 0.4) is 0 Å². The first-order chi connectivity index (χ1) is 7.74. The number of aromatic nitrogens is 2. The molecule has 5 heteroatoms. The predicted molar refractivity (Wildman–Crippen MR) is 63.9 cm³/mol. The van der Waals surface area contributed by atoms with E-state index in [4.69, 9.17) is 16.3 Å². The third-order valence-corrected chi connectivity index (χ3v) is 2.53. The maximum atomic E-state index is 6.09. The molecule has 0 unspecified atom stereocenters. The lowest BCUT2D eigenvalue weighted by Crippen LogP contribution is -2.09. The molecule has 84 valence electrons. The van der Waals surface area contributed by atoms with Gasteiger partial charge in [0.25, 0.3) is 0 Å². The van der Waals surface area contributed by atoms with Crippen molar-refractivity contribution in [2.24, 2.45) is 0 Å². The van der Waals surface area contributed by atoms with Crippen LogP contribution in [-0.4, -0.2) is 24.1 Å². The van der Waals surface area contributed by atoms with Gasteiger partial charge in [-0.1, -0.05) is 11.6 Å². The smallest absolute Gasteiger partial charge is 0.144 e. The van der Waals surface area contributed by atoms with Gasteiger partial charge in [-0.3, -0.25) is 0 Å². The molecule has 0 atom stereocenters. The number of methoxy groups -OCH3 is 1. The number of nitrogens with one attached hydrogen (secondary N) is 1. The zero-order chi connectivity index (χ0) is 11.5. The summed E-state index contributed by atoms with van der Waals surface area (Å²) in [5.74, 6) is 1.43. The van der Waals surface area contributed by atoms with Crippen LogP contribution >= 0.6 is 11.6 Å². The van der Waals surface area contributed by atoms with E-state index in [0.717, 1.165) is 16.7 Å². The highest BCUT2D eigenvalue weighted by Gasteiger charge is 2.06. The molecule has 4 nitrogen and oxygen atoms in total. The molecular formula is C11H12ClN3O. The zero-order valence-corrected chi connectivity index (χ0v) is 9.88.